The SMILES string of the molecule is CCCCCCCCCCCCCCCCC(O)C(=O)O[C@H]1CC[C@@]2(C)C(=CC[C@H]3[C@@H]4CC[C@H]([C@H](C)CCCC(C)C)[C@@]4(C)CC[C@@H]32)C1. The van der Waals surface area contributed by atoms with Crippen molar-refractivity contribution in [3.63, 3.8) is 0 Å². The van der Waals surface area contributed by atoms with Gasteiger partial charge in [-0.25, -0.2) is 4.79 Å². The van der Waals surface area contributed by atoms with Crippen LogP contribution in [0.25, 0.3) is 0 Å². The maximum atomic E-state index is 12.9. The molecule has 9 atom stereocenters. The van der Waals surface area contributed by atoms with Gasteiger partial charge in [-0.05, 0) is 97.7 Å². The smallest absolute Gasteiger partial charge is 0.335 e. The lowest BCUT2D eigenvalue weighted by atomic mass is 9.47. The molecule has 1 N–H and O–H groups in total. The summed E-state index contributed by atoms with van der Waals surface area (Å²) >= 11 is 0. The van der Waals surface area contributed by atoms with Crippen LogP contribution in [0.4, 0.5) is 0 Å². The van der Waals surface area contributed by atoms with Gasteiger partial charge in [0, 0.05) is 6.42 Å². The summed E-state index contributed by atoms with van der Waals surface area (Å²) in [6.45, 7) is 14.8. The number of aliphatic hydroxyl groups excluding tert-OH is 1. The molecule has 1 unspecified atom stereocenters. The molecule has 0 amide bonds. The molecule has 278 valence electrons. The van der Waals surface area contributed by atoms with E-state index in [1.165, 1.54) is 128 Å². The quantitative estimate of drug-likeness (QED) is 0.0709. The van der Waals surface area contributed by atoms with Gasteiger partial charge in [0.15, 0.2) is 6.10 Å². The third-order valence-corrected chi connectivity index (χ3v) is 14.6. The van der Waals surface area contributed by atoms with E-state index in [0.29, 0.717) is 11.8 Å². The van der Waals surface area contributed by atoms with Gasteiger partial charge >= 0.3 is 5.97 Å². The fourth-order valence-corrected chi connectivity index (χ4v) is 11.6. The summed E-state index contributed by atoms with van der Waals surface area (Å²) in [7, 11) is 0. The molecule has 3 saturated carbocycles. The fourth-order valence-electron chi connectivity index (χ4n) is 11.6. The van der Waals surface area contributed by atoms with Crippen LogP contribution >= 0.6 is 0 Å². The minimum Gasteiger partial charge on any atom is -0.460 e. The summed E-state index contributed by atoms with van der Waals surface area (Å²) in [5, 5.41) is 10.6. The molecule has 0 aromatic carbocycles. The summed E-state index contributed by atoms with van der Waals surface area (Å²) in [5.41, 5.74) is 2.35. The molecular formula is C45H80O3. The van der Waals surface area contributed by atoms with Crippen molar-refractivity contribution in [1.82, 2.24) is 0 Å². The molecule has 0 aliphatic heterocycles. The van der Waals surface area contributed by atoms with E-state index < -0.39 is 6.10 Å². The molecule has 4 aliphatic rings. The Morgan fingerprint density at radius 1 is 0.771 bits per heavy atom. The second kappa shape index (κ2) is 19.7. The molecule has 0 bridgehead atoms. The van der Waals surface area contributed by atoms with Crippen LogP contribution < -0.4 is 0 Å². The van der Waals surface area contributed by atoms with Crippen LogP contribution in [0.1, 0.15) is 208 Å². The van der Waals surface area contributed by atoms with Crippen LogP contribution in [0, 0.1) is 46.3 Å². The number of carbonyl (C=O) groups is 1. The van der Waals surface area contributed by atoms with E-state index in [-0.39, 0.29) is 17.5 Å². The van der Waals surface area contributed by atoms with E-state index in [4.69, 9.17) is 4.74 Å². The van der Waals surface area contributed by atoms with Crippen molar-refractivity contribution >= 4 is 5.97 Å². The first-order chi connectivity index (χ1) is 23.1. The van der Waals surface area contributed by atoms with Crippen molar-refractivity contribution in [3.8, 4) is 0 Å². The molecule has 3 heteroatoms. The molecule has 3 fully saturated rings. The first-order valence-corrected chi connectivity index (χ1v) is 21.7. The second-order valence-corrected chi connectivity index (χ2v) is 18.5. The van der Waals surface area contributed by atoms with E-state index in [0.717, 1.165) is 67.6 Å². The van der Waals surface area contributed by atoms with Gasteiger partial charge in [0.05, 0.1) is 0 Å². The highest BCUT2D eigenvalue weighted by molar-refractivity contribution is 5.74. The molecule has 0 spiro atoms. The van der Waals surface area contributed by atoms with Crippen LogP contribution in [0.5, 0.6) is 0 Å². The van der Waals surface area contributed by atoms with Gasteiger partial charge in [-0.2, -0.15) is 0 Å². The number of hydrogen-bond donors (Lipinski definition) is 1. The standard InChI is InChI=1S/C45H80O3/c1-7-8-9-10-11-12-13-14-15-16-17-18-19-20-24-42(46)43(47)48-37-29-31-44(5)36(33-37)25-26-38-40-28-27-39(35(4)23-21-22-34(2)3)45(40,6)32-30-41(38)44/h25,34-35,37-42,46H,7-24,26-33H2,1-6H3/t35-,37+,38+,39-,40+,41+,42?,44+,45-/m1/s1. The normalized spacial score (nSPS) is 32.7. The Kier molecular flexibility index (Phi) is 16.4. The van der Waals surface area contributed by atoms with Crippen LogP contribution in [0.3, 0.4) is 0 Å². The summed E-state index contributed by atoms with van der Waals surface area (Å²) in [6, 6.07) is 0. The van der Waals surface area contributed by atoms with Gasteiger partial charge in [-0.1, -0.05) is 162 Å². The lowest BCUT2D eigenvalue weighted by Crippen LogP contribution is -2.51. The van der Waals surface area contributed by atoms with E-state index in [9.17, 15) is 9.90 Å². The first-order valence-electron chi connectivity index (χ1n) is 21.7. The maximum Gasteiger partial charge on any atom is 0.335 e. The number of allylic oxidation sites excluding steroid dienone is 1. The highest BCUT2D eigenvalue weighted by atomic mass is 16.6. The van der Waals surface area contributed by atoms with Crippen LogP contribution in [-0.4, -0.2) is 23.3 Å². The number of ether oxygens (including phenoxy) is 1. The van der Waals surface area contributed by atoms with Gasteiger partial charge in [-0.3, -0.25) is 0 Å². The van der Waals surface area contributed by atoms with Crippen molar-refractivity contribution in [3.05, 3.63) is 11.6 Å². The number of unbranched alkanes of at least 4 members (excludes halogenated alkanes) is 13. The van der Waals surface area contributed by atoms with E-state index in [1.807, 2.05) is 0 Å². The van der Waals surface area contributed by atoms with Gasteiger partial charge < -0.3 is 9.84 Å². The summed E-state index contributed by atoms with van der Waals surface area (Å²) in [6.07, 6.45) is 34.6. The number of fused-ring (bicyclic) bond motifs is 5. The van der Waals surface area contributed by atoms with Crippen molar-refractivity contribution in [2.24, 2.45) is 46.3 Å². The largest absolute Gasteiger partial charge is 0.460 e. The molecule has 3 nitrogen and oxygen atoms in total. The second-order valence-electron chi connectivity index (χ2n) is 18.5. The maximum absolute atomic E-state index is 12.9. The zero-order chi connectivity index (χ0) is 34.6. The number of rotatable bonds is 22. The zero-order valence-electron chi connectivity index (χ0n) is 32.8. The molecule has 0 aromatic heterocycles. The summed E-state index contributed by atoms with van der Waals surface area (Å²) in [5.74, 6) is 4.70. The lowest BCUT2D eigenvalue weighted by molar-refractivity contribution is -0.161. The third-order valence-electron chi connectivity index (χ3n) is 14.6. The zero-order valence-corrected chi connectivity index (χ0v) is 32.8. The van der Waals surface area contributed by atoms with Gasteiger partial charge in [0.25, 0.3) is 0 Å². The van der Waals surface area contributed by atoms with E-state index >= 15 is 0 Å². The highest BCUT2D eigenvalue weighted by Crippen LogP contribution is 2.67. The van der Waals surface area contributed by atoms with Gasteiger partial charge in [-0.15, -0.1) is 0 Å². The monoisotopic (exact) mass is 669 g/mol. The predicted octanol–water partition coefficient (Wildman–Crippen LogP) is 13.2. The average molecular weight is 669 g/mol. The Balaban J connectivity index is 1.13. The molecule has 48 heavy (non-hydrogen) atoms. The van der Waals surface area contributed by atoms with E-state index in [1.54, 1.807) is 5.57 Å². The van der Waals surface area contributed by atoms with Crippen molar-refractivity contribution in [2.45, 2.75) is 221 Å². The lowest BCUT2D eigenvalue weighted by Gasteiger charge is -2.58. The molecule has 4 rings (SSSR count). The summed E-state index contributed by atoms with van der Waals surface area (Å²) < 4.78 is 6.00. The minimum absolute atomic E-state index is 0.0595. The molecule has 0 heterocycles. The van der Waals surface area contributed by atoms with Gasteiger partial charge in [0.2, 0.25) is 0 Å². The van der Waals surface area contributed by atoms with Crippen molar-refractivity contribution in [1.29, 1.82) is 0 Å². The van der Waals surface area contributed by atoms with Crippen molar-refractivity contribution in [2.75, 3.05) is 0 Å². The summed E-state index contributed by atoms with van der Waals surface area (Å²) in [4.78, 5) is 12.9. The van der Waals surface area contributed by atoms with Crippen LogP contribution in [-0.2, 0) is 9.53 Å². The Labute approximate surface area is 298 Å². The third kappa shape index (κ3) is 10.6. The predicted molar refractivity (Wildman–Crippen MR) is 204 cm³/mol. The fraction of sp³-hybridized carbons (Fsp3) is 0.933. The number of esters is 1. The van der Waals surface area contributed by atoms with Crippen LogP contribution in [0.2, 0.25) is 0 Å². The Hall–Kier alpha value is -0.830. The number of aliphatic hydroxyl groups is 1. The topological polar surface area (TPSA) is 46.5 Å². The Bertz CT molecular complexity index is 969. The first kappa shape index (κ1) is 39.9. The van der Waals surface area contributed by atoms with Crippen LogP contribution in [0.15, 0.2) is 11.6 Å². The number of carbonyl (C=O) groups excluding carboxylic acids is 1. The highest BCUT2D eigenvalue weighted by Gasteiger charge is 2.59. The molecule has 4 aliphatic carbocycles. The van der Waals surface area contributed by atoms with E-state index in [2.05, 4.69) is 47.6 Å². The molecule has 0 aromatic rings. The van der Waals surface area contributed by atoms with Gasteiger partial charge in [0.1, 0.15) is 6.10 Å². The Morgan fingerprint density at radius 2 is 1.40 bits per heavy atom. The Morgan fingerprint density at radius 3 is 2.02 bits per heavy atom. The molecule has 0 radical (unpaired) electrons. The molecular weight excluding hydrogens is 588 g/mol. The molecule has 0 saturated heterocycles. The average Bonchev–Trinajstić information content (AvgIpc) is 3.42. The minimum atomic E-state index is -0.959. The van der Waals surface area contributed by atoms with Crippen molar-refractivity contribution < 1.29 is 14.6 Å². The number of hydrogen-bond acceptors (Lipinski definition) is 3.